The van der Waals surface area contributed by atoms with Crippen molar-refractivity contribution in [2.75, 3.05) is 19.0 Å². The number of amides is 2. The van der Waals surface area contributed by atoms with Crippen LogP contribution in [-0.4, -0.2) is 34.7 Å². The minimum atomic E-state index is -0.201. The zero-order valence-corrected chi connectivity index (χ0v) is 20.7. The quantitative estimate of drug-likeness (QED) is 0.306. The molecule has 4 rings (SSSR count). The van der Waals surface area contributed by atoms with Crippen LogP contribution in [0, 0.1) is 0 Å². The van der Waals surface area contributed by atoms with Gasteiger partial charge in [-0.25, -0.2) is 0 Å². The van der Waals surface area contributed by atoms with Crippen molar-refractivity contribution in [3.8, 4) is 11.5 Å². The molecule has 3 aromatic rings. The van der Waals surface area contributed by atoms with Gasteiger partial charge >= 0.3 is 0 Å². The van der Waals surface area contributed by atoms with Gasteiger partial charge in [0.2, 0.25) is 5.91 Å². The predicted octanol–water partition coefficient (Wildman–Crippen LogP) is 5.50. The van der Waals surface area contributed by atoms with Crippen molar-refractivity contribution in [3.63, 3.8) is 0 Å². The third-order valence-electron chi connectivity index (χ3n) is 5.21. The molecule has 0 bridgehead atoms. The average Bonchev–Trinajstić information content (AvgIpc) is 3.14. The van der Waals surface area contributed by atoms with Gasteiger partial charge < -0.3 is 14.8 Å². The zero-order valence-electron chi connectivity index (χ0n) is 19.1. The molecule has 178 valence electrons. The summed E-state index contributed by atoms with van der Waals surface area (Å²) in [7, 11) is 1.58. The van der Waals surface area contributed by atoms with Crippen LogP contribution < -0.4 is 14.8 Å². The first-order valence-corrected chi connectivity index (χ1v) is 12.2. The first-order chi connectivity index (χ1) is 17.0. The van der Waals surface area contributed by atoms with Crippen molar-refractivity contribution in [1.82, 2.24) is 4.90 Å². The predicted molar refractivity (Wildman–Crippen MR) is 143 cm³/mol. The monoisotopic (exact) mass is 504 g/mol. The van der Waals surface area contributed by atoms with E-state index >= 15 is 0 Å². The molecule has 1 saturated heterocycles. The minimum absolute atomic E-state index is 0.133. The lowest BCUT2D eigenvalue weighted by Crippen LogP contribution is -2.31. The second-order valence-corrected chi connectivity index (χ2v) is 9.38. The highest BCUT2D eigenvalue weighted by Gasteiger charge is 2.32. The largest absolute Gasteiger partial charge is 0.497 e. The summed E-state index contributed by atoms with van der Waals surface area (Å²) < 4.78 is 11.4. The van der Waals surface area contributed by atoms with Crippen LogP contribution in [0.5, 0.6) is 11.5 Å². The Hall–Kier alpha value is -3.62. The summed E-state index contributed by atoms with van der Waals surface area (Å²) in [5, 5.41) is 2.82. The molecule has 0 aliphatic carbocycles. The summed E-state index contributed by atoms with van der Waals surface area (Å²) in [5.41, 5.74) is 2.58. The zero-order chi connectivity index (χ0) is 24.6. The van der Waals surface area contributed by atoms with Gasteiger partial charge in [-0.2, -0.15) is 0 Å². The number of thioether (sulfide) groups is 1. The van der Waals surface area contributed by atoms with Crippen molar-refractivity contribution in [3.05, 3.63) is 94.9 Å². The van der Waals surface area contributed by atoms with Crippen LogP contribution in [0.1, 0.15) is 17.5 Å². The number of carbonyl (C=O) groups is 2. The summed E-state index contributed by atoms with van der Waals surface area (Å²) >= 11 is 6.63. The molecule has 1 aliphatic heterocycles. The molecule has 1 heterocycles. The number of hydrogen-bond acceptors (Lipinski definition) is 6. The SMILES string of the molecule is COc1ccc(NC(=O)CCN2C(=O)/C(=C/c3cccc(OCc4ccccc4)c3)SC2=S)cc1. The molecule has 0 radical (unpaired) electrons. The number of nitrogens with one attached hydrogen (secondary N) is 1. The van der Waals surface area contributed by atoms with Crippen molar-refractivity contribution in [2.24, 2.45) is 0 Å². The maximum absolute atomic E-state index is 12.9. The second kappa shape index (κ2) is 11.7. The fourth-order valence-corrected chi connectivity index (χ4v) is 4.70. The van der Waals surface area contributed by atoms with E-state index in [1.165, 1.54) is 16.7 Å². The molecule has 8 heteroatoms. The van der Waals surface area contributed by atoms with Gasteiger partial charge in [-0.3, -0.25) is 14.5 Å². The van der Waals surface area contributed by atoms with Crippen LogP contribution in [0.3, 0.4) is 0 Å². The van der Waals surface area contributed by atoms with E-state index in [9.17, 15) is 9.59 Å². The van der Waals surface area contributed by atoms with Gasteiger partial charge in [0.25, 0.3) is 5.91 Å². The fourth-order valence-electron chi connectivity index (χ4n) is 3.39. The first kappa shape index (κ1) is 24.5. The topological polar surface area (TPSA) is 67.9 Å². The van der Waals surface area contributed by atoms with Crippen molar-refractivity contribution in [2.45, 2.75) is 13.0 Å². The molecule has 6 nitrogen and oxygen atoms in total. The Labute approximate surface area is 213 Å². The molecular weight excluding hydrogens is 480 g/mol. The Bertz CT molecular complexity index is 1240. The van der Waals surface area contributed by atoms with Gasteiger partial charge in [0.15, 0.2) is 0 Å². The molecular formula is C27H24N2O4S2. The third-order valence-corrected chi connectivity index (χ3v) is 6.59. The van der Waals surface area contributed by atoms with E-state index in [1.54, 1.807) is 37.5 Å². The summed E-state index contributed by atoms with van der Waals surface area (Å²) in [6.45, 7) is 0.676. The number of ether oxygens (including phenoxy) is 2. The Morgan fingerprint density at radius 3 is 2.54 bits per heavy atom. The molecule has 0 saturated carbocycles. The van der Waals surface area contributed by atoms with E-state index in [4.69, 9.17) is 21.7 Å². The normalized spacial score (nSPS) is 14.3. The lowest BCUT2D eigenvalue weighted by atomic mass is 10.2. The van der Waals surface area contributed by atoms with E-state index in [0.29, 0.717) is 33.0 Å². The highest BCUT2D eigenvalue weighted by Crippen LogP contribution is 2.33. The lowest BCUT2D eigenvalue weighted by molar-refractivity contribution is -0.122. The number of carbonyl (C=O) groups excluding carboxylic acids is 2. The van der Waals surface area contributed by atoms with Gasteiger partial charge in [0.1, 0.15) is 22.4 Å². The Balaban J connectivity index is 1.33. The maximum atomic E-state index is 12.9. The number of nitrogens with zero attached hydrogens (tertiary/aromatic N) is 1. The Kier molecular flexibility index (Phi) is 8.18. The summed E-state index contributed by atoms with van der Waals surface area (Å²) in [4.78, 5) is 27.3. The third kappa shape index (κ3) is 6.71. The molecule has 3 aromatic carbocycles. The molecule has 0 spiro atoms. The molecule has 1 N–H and O–H groups in total. The van der Waals surface area contributed by atoms with Crippen LogP contribution in [0.2, 0.25) is 0 Å². The Morgan fingerprint density at radius 2 is 1.80 bits per heavy atom. The van der Waals surface area contributed by atoms with Crippen LogP contribution in [0.15, 0.2) is 83.8 Å². The molecule has 1 aliphatic rings. The number of benzene rings is 3. The number of methoxy groups -OCH3 is 1. The molecule has 2 amide bonds. The van der Waals surface area contributed by atoms with E-state index in [2.05, 4.69) is 5.32 Å². The van der Waals surface area contributed by atoms with Crippen LogP contribution in [-0.2, 0) is 16.2 Å². The van der Waals surface area contributed by atoms with Crippen molar-refractivity contribution >= 4 is 51.9 Å². The molecule has 1 fully saturated rings. The van der Waals surface area contributed by atoms with Crippen molar-refractivity contribution < 1.29 is 19.1 Å². The Morgan fingerprint density at radius 1 is 1.03 bits per heavy atom. The summed E-state index contributed by atoms with van der Waals surface area (Å²) in [6.07, 6.45) is 1.93. The van der Waals surface area contributed by atoms with E-state index < -0.39 is 0 Å². The first-order valence-electron chi connectivity index (χ1n) is 11.0. The number of anilines is 1. The fraction of sp³-hybridized carbons (Fsp3) is 0.148. The standard InChI is InChI=1S/C27H24N2O4S2/c1-32-22-12-10-21(11-13-22)28-25(30)14-15-29-26(31)24(35-27(29)34)17-20-8-5-9-23(16-20)33-18-19-6-3-2-4-7-19/h2-13,16-17H,14-15,18H2,1H3,(H,28,30)/b24-17-. The van der Waals surface area contributed by atoms with E-state index in [0.717, 1.165) is 11.1 Å². The van der Waals surface area contributed by atoms with Crippen LogP contribution >= 0.6 is 24.0 Å². The highest BCUT2D eigenvalue weighted by molar-refractivity contribution is 8.26. The second-order valence-electron chi connectivity index (χ2n) is 7.71. The van der Waals surface area contributed by atoms with Gasteiger partial charge in [-0.15, -0.1) is 0 Å². The van der Waals surface area contributed by atoms with Gasteiger partial charge in [-0.05, 0) is 53.6 Å². The number of rotatable bonds is 9. The van der Waals surface area contributed by atoms with Crippen LogP contribution in [0.25, 0.3) is 6.08 Å². The maximum Gasteiger partial charge on any atom is 0.266 e. The number of thiocarbonyl (C=S) groups is 1. The molecule has 0 aromatic heterocycles. The summed E-state index contributed by atoms with van der Waals surface area (Å²) in [6, 6.07) is 24.5. The van der Waals surface area contributed by atoms with Gasteiger partial charge in [-0.1, -0.05) is 66.4 Å². The smallest absolute Gasteiger partial charge is 0.266 e. The lowest BCUT2D eigenvalue weighted by Gasteiger charge is -2.14. The highest BCUT2D eigenvalue weighted by atomic mass is 32.2. The van der Waals surface area contributed by atoms with Gasteiger partial charge in [0, 0.05) is 18.7 Å². The van der Waals surface area contributed by atoms with E-state index in [-0.39, 0.29) is 24.8 Å². The molecule has 0 atom stereocenters. The molecule has 35 heavy (non-hydrogen) atoms. The average molecular weight is 505 g/mol. The molecule has 0 unspecified atom stereocenters. The number of hydrogen-bond donors (Lipinski definition) is 1. The van der Waals surface area contributed by atoms with Gasteiger partial charge in [0.05, 0.1) is 12.0 Å². The van der Waals surface area contributed by atoms with Crippen molar-refractivity contribution in [1.29, 1.82) is 0 Å². The minimum Gasteiger partial charge on any atom is -0.497 e. The summed E-state index contributed by atoms with van der Waals surface area (Å²) in [5.74, 6) is 1.03. The van der Waals surface area contributed by atoms with E-state index in [1.807, 2.05) is 54.6 Å². The van der Waals surface area contributed by atoms with Crippen LogP contribution in [0.4, 0.5) is 5.69 Å².